The number of benzene rings is 1. The van der Waals surface area contributed by atoms with Crippen LogP contribution >= 0.6 is 0 Å². The smallest absolute Gasteiger partial charge is 0.156 e. The van der Waals surface area contributed by atoms with Crippen molar-refractivity contribution in [1.82, 2.24) is 0 Å². The van der Waals surface area contributed by atoms with Gasteiger partial charge in [-0.3, -0.25) is 4.79 Å². The van der Waals surface area contributed by atoms with Gasteiger partial charge in [0.1, 0.15) is 0 Å². The van der Waals surface area contributed by atoms with Gasteiger partial charge in [0, 0.05) is 6.42 Å². The van der Waals surface area contributed by atoms with Gasteiger partial charge in [-0.15, -0.1) is 0 Å². The summed E-state index contributed by atoms with van der Waals surface area (Å²) in [5.74, 6) is 0.291. The molecule has 1 nitrogen and oxygen atoms in total. The van der Waals surface area contributed by atoms with E-state index in [1.165, 1.54) is 16.7 Å². The first-order valence-corrected chi connectivity index (χ1v) is 5.52. The highest BCUT2D eigenvalue weighted by Gasteiger charge is 2.39. The van der Waals surface area contributed by atoms with Crippen LogP contribution in [0.4, 0.5) is 0 Å². The highest BCUT2D eigenvalue weighted by Crippen LogP contribution is 2.51. The SMILES string of the molecule is C[C@@]12CCC(=O)C=C1c1ccccc1C2. The normalized spacial score (nSPS) is 28.3. The Hall–Kier alpha value is -1.37. The van der Waals surface area contributed by atoms with Crippen LogP contribution in [0.25, 0.3) is 5.57 Å². The van der Waals surface area contributed by atoms with E-state index in [0.717, 1.165) is 12.8 Å². The molecule has 0 heterocycles. The molecular formula is C14H14O. The molecule has 0 aromatic heterocycles. The molecule has 1 atom stereocenters. The topological polar surface area (TPSA) is 17.1 Å². The molecule has 0 unspecified atom stereocenters. The molecule has 0 amide bonds. The molecule has 0 fully saturated rings. The third-order valence-corrected chi connectivity index (χ3v) is 3.77. The highest BCUT2D eigenvalue weighted by molar-refractivity contribution is 6.01. The highest BCUT2D eigenvalue weighted by atomic mass is 16.1. The van der Waals surface area contributed by atoms with Crippen LogP contribution in [0, 0.1) is 5.41 Å². The van der Waals surface area contributed by atoms with Crippen molar-refractivity contribution in [1.29, 1.82) is 0 Å². The van der Waals surface area contributed by atoms with Gasteiger partial charge in [0.05, 0.1) is 0 Å². The number of hydrogen-bond donors (Lipinski definition) is 0. The number of rotatable bonds is 0. The molecule has 0 spiro atoms. The second-order valence-corrected chi connectivity index (χ2v) is 4.92. The van der Waals surface area contributed by atoms with Crippen LogP contribution in [-0.4, -0.2) is 5.78 Å². The second-order valence-electron chi connectivity index (χ2n) is 4.92. The van der Waals surface area contributed by atoms with Crippen molar-refractivity contribution in [2.24, 2.45) is 5.41 Å². The summed E-state index contributed by atoms with van der Waals surface area (Å²) in [6.07, 6.45) is 4.69. The Morgan fingerprint density at radius 1 is 1.27 bits per heavy atom. The summed E-state index contributed by atoms with van der Waals surface area (Å²) >= 11 is 0. The third-order valence-electron chi connectivity index (χ3n) is 3.77. The third kappa shape index (κ3) is 1.19. The van der Waals surface area contributed by atoms with Crippen LogP contribution in [0.15, 0.2) is 30.3 Å². The van der Waals surface area contributed by atoms with E-state index in [1.807, 2.05) is 6.08 Å². The summed E-state index contributed by atoms with van der Waals surface area (Å²) in [5.41, 5.74) is 4.20. The van der Waals surface area contributed by atoms with Crippen LogP contribution in [0.2, 0.25) is 0 Å². The van der Waals surface area contributed by atoms with Gasteiger partial charge in [0.25, 0.3) is 0 Å². The first-order chi connectivity index (χ1) is 7.19. The van der Waals surface area contributed by atoms with E-state index >= 15 is 0 Å². The van der Waals surface area contributed by atoms with Crippen molar-refractivity contribution in [3.8, 4) is 0 Å². The Balaban J connectivity index is 2.21. The average molecular weight is 198 g/mol. The zero-order chi connectivity index (χ0) is 10.5. The van der Waals surface area contributed by atoms with Gasteiger partial charge in [-0.1, -0.05) is 31.2 Å². The molecule has 0 saturated carbocycles. The zero-order valence-electron chi connectivity index (χ0n) is 8.92. The maximum atomic E-state index is 11.5. The molecule has 3 rings (SSSR count). The standard InChI is InChI=1S/C14H14O/c1-14-7-6-11(15)8-13(14)12-5-3-2-4-10(12)9-14/h2-5,8H,6-7,9H2,1H3/t14-/m0/s1. The van der Waals surface area contributed by atoms with E-state index in [0.29, 0.717) is 12.2 Å². The number of carbonyl (C=O) groups excluding carboxylic acids is 1. The average Bonchev–Trinajstić information content (AvgIpc) is 2.51. The lowest BCUT2D eigenvalue weighted by Gasteiger charge is -2.29. The van der Waals surface area contributed by atoms with Gasteiger partial charge in [0.2, 0.25) is 0 Å². The van der Waals surface area contributed by atoms with Crippen LogP contribution in [-0.2, 0) is 11.2 Å². The zero-order valence-corrected chi connectivity index (χ0v) is 8.92. The number of fused-ring (bicyclic) bond motifs is 3. The number of hydrogen-bond acceptors (Lipinski definition) is 1. The summed E-state index contributed by atoms with van der Waals surface area (Å²) in [4.78, 5) is 11.5. The molecular weight excluding hydrogens is 184 g/mol. The Morgan fingerprint density at radius 2 is 2.07 bits per heavy atom. The predicted octanol–water partition coefficient (Wildman–Crippen LogP) is 3.00. The van der Waals surface area contributed by atoms with Crippen LogP contribution in [0.3, 0.4) is 0 Å². The monoisotopic (exact) mass is 198 g/mol. The molecule has 2 aliphatic carbocycles. The molecule has 0 aliphatic heterocycles. The van der Waals surface area contributed by atoms with Gasteiger partial charge in [-0.05, 0) is 41.0 Å². The van der Waals surface area contributed by atoms with Crippen molar-refractivity contribution in [2.45, 2.75) is 26.2 Å². The van der Waals surface area contributed by atoms with E-state index in [2.05, 4.69) is 31.2 Å². The molecule has 0 bridgehead atoms. The molecule has 76 valence electrons. The number of ketones is 1. The quantitative estimate of drug-likeness (QED) is 0.626. The summed E-state index contributed by atoms with van der Waals surface area (Å²) in [7, 11) is 0. The van der Waals surface area contributed by atoms with Crippen LogP contribution in [0.5, 0.6) is 0 Å². The second kappa shape index (κ2) is 2.82. The Kier molecular flexibility index (Phi) is 1.67. The molecule has 1 aromatic carbocycles. The van der Waals surface area contributed by atoms with Crippen molar-refractivity contribution < 1.29 is 4.79 Å². The van der Waals surface area contributed by atoms with Gasteiger partial charge in [0.15, 0.2) is 5.78 Å². The molecule has 1 heteroatoms. The molecule has 15 heavy (non-hydrogen) atoms. The first kappa shape index (κ1) is 8.90. The fraction of sp³-hybridized carbons (Fsp3) is 0.357. The maximum Gasteiger partial charge on any atom is 0.156 e. The molecule has 0 saturated heterocycles. The van der Waals surface area contributed by atoms with Crippen LogP contribution in [0.1, 0.15) is 30.9 Å². The number of allylic oxidation sites excluding steroid dienone is 2. The fourth-order valence-corrected chi connectivity index (χ4v) is 2.89. The maximum absolute atomic E-state index is 11.5. The Morgan fingerprint density at radius 3 is 2.93 bits per heavy atom. The Bertz CT molecular complexity index is 470. The van der Waals surface area contributed by atoms with E-state index in [1.54, 1.807) is 0 Å². The predicted molar refractivity (Wildman–Crippen MR) is 60.5 cm³/mol. The summed E-state index contributed by atoms with van der Waals surface area (Å²) in [5, 5.41) is 0. The lowest BCUT2D eigenvalue weighted by atomic mass is 9.74. The summed E-state index contributed by atoms with van der Waals surface area (Å²) < 4.78 is 0. The van der Waals surface area contributed by atoms with E-state index in [9.17, 15) is 4.79 Å². The van der Waals surface area contributed by atoms with Gasteiger partial charge >= 0.3 is 0 Å². The minimum atomic E-state index is 0.220. The molecule has 0 radical (unpaired) electrons. The van der Waals surface area contributed by atoms with Crippen molar-refractivity contribution in [3.05, 3.63) is 41.5 Å². The molecule has 0 N–H and O–H groups in total. The van der Waals surface area contributed by atoms with E-state index < -0.39 is 0 Å². The Labute approximate surface area is 89.8 Å². The fourth-order valence-electron chi connectivity index (χ4n) is 2.89. The largest absolute Gasteiger partial charge is 0.295 e. The van der Waals surface area contributed by atoms with Gasteiger partial charge < -0.3 is 0 Å². The lowest BCUT2D eigenvalue weighted by Crippen LogP contribution is -2.21. The van der Waals surface area contributed by atoms with Crippen LogP contribution < -0.4 is 0 Å². The summed E-state index contributed by atoms with van der Waals surface area (Å²) in [6, 6.07) is 8.47. The van der Waals surface area contributed by atoms with Crippen molar-refractivity contribution in [3.63, 3.8) is 0 Å². The van der Waals surface area contributed by atoms with E-state index in [4.69, 9.17) is 0 Å². The summed E-state index contributed by atoms with van der Waals surface area (Å²) in [6.45, 7) is 2.28. The van der Waals surface area contributed by atoms with Crippen molar-refractivity contribution >= 4 is 11.4 Å². The van der Waals surface area contributed by atoms with Gasteiger partial charge in [-0.2, -0.15) is 0 Å². The van der Waals surface area contributed by atoms with Gasteiger partial charge in [-0.25, -0.2) is 0 Å². The lowest BCUT2D eigenvalue weighted by molar-refractivity contribution is -0.115. The minimum absolute atomic E-state index is 0.220. The van der Waals surface area contributed by atoms with Crippen molar-refractivity contribution in [2.75, 3.05) is 0 Å². The molecule has 1 aromatic rings. The molecule has 2 aliphatic rings. The van der Waals surface area contributed by atoms with E-state index in [-0.39, 0.29) is 5.41 Å². The minimum Gasteiger partial charge on any atom is -0.295 e. The first-order valence-electron chi connectivity index (χ1n) is 5.52. The number of carbonyl (C=O) groups is 1.